The van der Waals surface area contributed by atoms with E-state index < -0.39 is 0 Å². The van der Waals surface area contributed by atoms with Gasteiger partial charge in [0.05, 0.1) is 22.9 Å². The van der Waals surface area contributed by atoms with Gasteiger partial charge in [0.2, 0.25) is 0 Å². The number of ether oxygens (including phenoxy) is 1. The second-order valence-electron chi connectivity index (χ2n) is 6.90. The summed E-state index contributed by atoms with van der Waals surface area (Å²) >= 11 is 8.14. The van der Waals surface area contributed by atoms with Crippen molar-refractivity contribution >= 4 is 45.0 Å². The standard InChI is InChI=1S/C19H24ClN3O2S/c20-13-8-12-9-17(19-22-15(11-26-19)2-1-5-24)23-18(12)16(10-13)21-14-3-6-25-7-4-14/h8-10,14-15,21,23-24H,1-7,11H2/t15-/m1/s1. The van der Waals surface area contributed by atoms with E-state index in [0.717, 1.165) is 77.0 Å². The van der Waals surface area contributed by atoms with Crippen molar-refractivity contribution in [2.24, 2.45) is 4.99 Å². The van der Waals surface area contributed by atoms with Gasteiger partial charge in [0.15, 0.2) is 0 Å². The van der Waals surface area contributed by atoms with Crippen LogP contribution in [-0.4, -0.2) is 52.8 Å². The molecule has 1 fully saturated rings. The number of anilines is 1. The summed E-state index contributed by atoms with van der Waals surface area (Å²) in [6, 6.07) is 6.84. The normalized spacial score (nSPS) is 21.3. The van der Waals surface area contributed by atoms with Crippen LogP contribution in [0.15, 0.2) is 23.2 Å². The maximum absolute atomic E-state index is 9.01. The molecular formula is C19H24ClN3O2S. The van der Waals surface area contributed by atoms with Crippen molar-refractivity contribution in [2.75, 3.05) is 30.9 Å². The third-order valence-corrected chi connectivity index (χ3v) is 6.28. The zero-order valence-electron chi connectivity index (χ0n) is 14.6. The third-order valence-electron chi connectivity index (χ3n) is 4.91. The van der Waals surface area contributed by atoms with E-state index >= 15 is 0 Å². The molecule has 1 atom stereocenters. The Balaban J connectivity index is 1.59. The maximum atomic E-state index is 9.01. The number of aliphatic imine (C=N–C) groups is 1. The lowest BCUT2D eigenvalue weighted by Gasteiger charge is -2.24. The van der Waals surface area contributed by atoms with Crippen molar-refractivity contribution in [1.29, 1.82) is 0 Å². The van der Waals surface area contributed by atoms with Crippen LogP contribution in [0, 0.1) is 0 Å². The Morgan fingerprint density at radius 3 is 2.96 bits per heavy atom. The number of aliphatic hydroxyl groups is 1. The van der Waals surface area contributed by atoms with Gasteiger partial charge in [0.25, 0.3) is 0 Å². The summed E-state index contributed by atoms with van der Waals surface area (Å²) in [6.45, 7) is 1.85. The Kier molecular flexibility index (Phi) is 5.74. The van der Waals surface area contributed by atoms with Gasteiger partial charge in [-0.25, -0.2) is 0 Å². The van der Waals surface area contributed by atoms with E-state index in [1.807, 2.05) is 12.1 Å². The third kappa shape index (κ3) is 4.03. The van der Waals surface area contributed by atoms with Gasteiger partial charge in [-0.3, -0.25) is 4.99 Å². The lowest BCUT2D eigenvalue weighted by molar-refractivity contribution is 0.0905. The van der Waals surface area contributed by atoms with Crippen molar-refractivity contribution in [3.05, 3.63) is 28.9 Å². The number of nitrogens with one attached hydrogen (secondary N) is 2. The number of hydrogen-bond acceptors (Lipinski definition) is 5. The predicted octanol–water partition coefficient (Wildman–Crippen LogP) is 4.05. The highest BCUT2D eigenvalue weighted by molar-refractivity contribution is 8.14. The van der Waals surface area contributed by atoms with Crippen molar-refractivity contribution < 1.29 is 9.84 Å². The van der Waals surface area contributed by atoms with Crippen molar-refractivity contribution in [3.63, 3.8) is 0 Å². The first-order valence-corrected chi connectivity index (χ1v) is 10.6. The van der Waals surface area contributed by atoms with Crippen LogP contribution < -0.4 is 5.32 Å². The van der Waals surface area contributed by atoms with Gasteiger partial charge in [0, 0.05) is 42.0 Å². The lowest BCUT2D eigenvalue weighted by Crippen LogP contribution is -2.27. The number of aromatic amines is 1. The highest BCUT2D eigenvalue weighted by atomic mass is 35.5. The van der Waals surface area contributed by atoms with Gasteiger partial charge in [-0.1, -0.05) is 11.6 Å². The molecule has 0 unspecified atom stereocenters. The fraction of sp³-hybridized carbons (Fsp3) is 0.526. The van der Waals surface area contributed by atoms with Crippen LogP contribution >= 0.6 is 23.4 Å². The monoisotopic (exact) mass is 393 g/mol. The number of rotatable bonds is 6. The number of thioether (sulfide) groups is 1. The number of nitrogens with zero attached hydrogens (tertiary/aromatic N) is 1. The maximum Gasteiger partial charge on any atom is 0.114 e. The lowest BCUT2D eigenvalue weighted by atomic mass is 10.1. The summed E-state index contributed by atoms with van der Waals surface area (Å²) in [6.07, 6.45) is 3.77. The molecule has 1 aromatic heterocycles. The molecule has 0 amide bonds. The molecule has 5 nitrogen and oxygen atoms in total. The molecule has 1 saturated heterocycles. The fourth-order valence-electron chi connectivity index (χ4n) is 3.54. The summed E-state index contributed by atoms with van der Waals surface area (Å²) < 4.78 is 5.45. The summed E-state index contributed by atoms with van der Waals surface area (Å²) in [5, 5.41) is 15.5. The predicted molar refractivity (Wildman–Crippen MR) is 110 cm³/mol. The van der Waals surface area contributed by atoms with Gasteiger partial charge in [-0.05, 0) is 43.9 Å². The minimum Gasteiger partial charge on any atom is -0.396 e. The number of H-pyrrole nitrogens is 1. The molecule has 0 bridgehead atoms. The Bertz CT molecular complexity index is 801. The van der Waals surface area contributed by atoms with Crippen molar-refractivity contribution in [2.45, 2.75) is 37.8 Å². The van der Waals surface area contributed by atoms with Crippen LogP contribution in [0.1, 0.15) is 31.4 Å². The molecule has 2 aromatic rings. The number of benzene rings is 1. The topological polar surface area (TPSA) is 69.6 Å². The minimum absolute atomic E-state index is 0.234. The molecule has 0 spiro atoms. The molecule has 3 N–H and O–H groups in total. The zero-order valence-corrected chi connectivity index (χ0v) is 16.2. The quantitative estimate of drug-likeness (QED) is 0.692. The van der Waals surface area contributed by atoms with Crippen LogP contribution in [0.3, 0.4) is 0 Å². The van der Waals surface area contributed by atoms with Crippen LogP contribution in [0.2, 0.25) is 5.02 Å². The van der Waals surface area contributed by atoms with E-state index in [0.29, 0.717) is 12.1 Å². The summed E-state index contributed by atoms with van der Waals surface area (Å²) in [7, 11) is 0. The highest BCUT2D eigenvalue weighted by Gasteiger charge is 2.21. The Morgan fingerprint density at radius 2 is 2.15 bits per heavy atom. The number of halogens is 1. The Morgan fingerprint density at radius 1 is 1.31 bits per heavy atom. The van der Waals surface area contributed by atoms with E-state index in [9.17, 15) is 0 Å². The molecule has 0 radical (unpaired) electrons. The smallest absolute Gasteiger partial charge is 0.114 e. The number of fused-ring (bicyclic) bond motifs is 1. The number of aliphatic hydroxyl groups excluding tert-OH is 1. The molecule has 3 heterocycles. The molecule has 2 aliphatic rings. The first-order valence-electron chi connectivity index (χ1n) is 9.21. The second-order valence-corrected chi connectivity index (χ2v) is 8.34. The first-order chi connectivity index (χ1) is 12.7. The van der Waals surface area contributed by atoms with Crippen molar-refractivity contribution in [1.82, 2.24) is 4.98 Å². The Labute approximate surface area is 162 Å². The van der Waals surface area contributed by atoms with Crippen LogP contribution in [-0.2, 0) is 4.74 Å². The molecule has 0 saturated carbocycles. The summed E-state index contributed by atoms with van der Waals surface area (Å²) in [4.78, 5) is 8.37. The SMILES string of the molecule is OCCC[C@@H]1CSC(c2cc3cc(Cl)cc(NC4CCOCC4)c3[nH]2)=N1. The molecule has 0 aliphatic carbocycles. The molecule has 4 rings (SSSR count). The van der Waals surface area contributed by atoms with Gasteiger partial charge in [-0.15, -0.1) is 11.8 Å². The molecular weight excluding hydrogens is 370 g/mol. The Hall–Kier alpha value is -1.21. The molecule has 26 heavy (non-hydrogen) atoms. The van der Waals surface area contributed by atoms with Crippen LogP contribution in [0.5, 0.6) is 0 Å². The van der Waals surface area contributed by atoms with E-state index in [1.54, 1.807) is 11.8 Å². The van der Waals surface area contributed by atoms with Gasteiger partial charge >= 0.3 is 0 Å². The van der Waals surface area contributed by atoms with Gasteiger partial charge < -0.3 is 20.1 Å². The van der Waals surface area contributed by atoms with Gasteiger partial charge in [0.1, 0.15) is 5.04 Å². The number of hydrogen-bond donors (Lipinski definition) is 3. The minimum atomic E-state index is 0.234. The summed E-state index contributed by atoms with van der Waals surface area (Å²) in [5.41, 5.74) is 3.18. The number of aromatic nitrogens is 1. The van der Waals surface area contributed by atoms with E-state index in [2.05, 4.69) is 16.4 Å². The largest absolute Gasteiger partial charge is 0.396 e. The fourth-order valence-corrected chi connectivity index (χ4v) is 4.84. The average Bonchev–Trinajstić information content (AvgIpc) is 3.27. The van der Waals surface area contributed by atoms with Crippen LogP contribution in [0.4, 0.5) is 5.69 Å². The van der Waals surface area contributed by atoms with E-state index in [1.165, 1.54) is 0 Å². The zero-order chi connectivity index (χ0) is 17.9. The second kappa shape index (κ2) is 8.21. The average molecular weight is 394 g/mol. The highest BCUT2D eigenvalue weighted by Crippen LogP contribution is 2.33. The first kappa shape index (κ1) is 18.2. The van der Waals surface area contributed by atoms with Crippen LogP contribution in [0.25, 0.3) is 10.9 Å². The van der Waals surface area contributed by atoms with Crippen molar-refractivity contribution in [3.8, 4) is 0 Å². The van der Waals surface area contributed by atoms with E-state index in [4.69, 9.17) is 26.4 Å². The van der Waals surface area contributed by atoms with E-state index in [-0.39, 0.29) is 6.61 Å². The molecule has 1 aromatic carbocycles. The summed E-state index contributed by atoms with van der Waals surface area (Å²) in [5.74, 6) is 0.985. The molecule has 7 heteroatoms. The van der Waals surface area contributed by atoms with Gasteiger partial charge in [-0.2, -0.15) is 0 Å². The molecule has 140 valence electrons. The molecule has 2 aliphatic heterocycles.